The van der Waals surface area contributed by atoms with Gasteiger partial charge >= 0.3 is 6.03 Å². The van der Waals surface area contributed by atoms with Gasteiger partial charge in [-0.2, -0.15) is 0 Å². The van der Waals surface area contributed by atoms with E-state index in [0.717, 1.165) is 43.0 Å². The van der Waals surface area contributed by atoms with Gasteiger partial charge in [-0.05, 0) is 73.5 Å². The topological polar surface area (TPSA) is 117 Å². The lowest BCUT2D eigenvalue weighted by Crippen LogP contribution is -2.49. The zero-order valence-corrected chi connectivity index (χ0v) is 24.3. The second-order valence-corrected chi connectivity index (χ2v) is 12.2. The van der Waals surface area contributed by atoms with Gasteiger partial charge in [0, 0.05) is 39.8 Å². The van der Waals surface area contributed by atoms with E-state index in [1.165, 1.54) is 0 Å². The number of hydrogen-bond donors (Lipinski definition) is 4. The molecule has 0 bridgehead atoms. The van der Waals surface area contributed by atoms with Crippen molar-refractivity contribution in [3.8, 4) is 10.4 Å². The van der Waals surface area contributed by atoms with E-state index in [9.17, 15) is 14.4 Å². The molecule has 0 spiro atoms. The summed E-state index contributed by atoms with van der Waals surface area (Å²) in [6.07, 6.45) is 1.36. The molecule has 0 fully saturated rings. The number of anilines is 2. The van der Waals surface area contributed by atoms with Gasteiger partial charge in [0.25, 0.3) is 0 Å². The van der Waals surface area contributed by atoms with Crippen LogP contribution < -0.4 is 26.6 Å². The molecule has 0 saturated carbocycles. The molecule has 0 unspecified atom stereocenters. The van der Waals surface area contributed by atoms with Crippen molar-refractivity contribution in [2.24, 2.45) is 5.73 Å². The van der Waals surface area contributed by atoms with Gasteiger partial charge in [0.1, 0.15) is 6.04 Å². The molecule has 5 N–H and O–H groups in total. The van der Waals surface area contributed by atoms with Gasteiger partial charge in [-0.25, -0.2) is 4.79 Å². The van der Waals surface area contributed by atoms with Crippen LogP contribution in [0.15, 0.2) is 72.8 Å². The van der Waals surface area contributed by atoms with Crippen LogP contribution in [0.2, 0.25) is 0 Å². The van der Waals surface area contributed by atoms with E-state index < -0.39 is 11.6 Å². The number of urea groups is 1. The summed E-state index contributed by atoms with van der Waals surface area (Å²) in [6.45, 7) is 3.97. The first kappa shape index (κ1) is 28.3. The zero-order valence-electron chi connectivity index (χ0n) is 23.5. The van der Waals surface area contributed by atoms with Crippen molar-refractivity contribution in [1.82, 2.24) is 10.6 Å². The third kappa shape index (κ3) is 6.58. The maximum Gasteiger partial charge on any atom is 0.318 e. The number of rotatable bonds is 7. The second kappa shape index (κ2) is 11.7. The largest absolute Gasteiger partial charge is 0.344 e. The molecule has 4 amide bonds. The number of thiophene rings is 1. The Bertz CT molecular complexity index is 1610. The van der Waals surface area contributed by atoms with Crippen LogP contribution in [-0.4, -0.2) is 36.5 Å². The van der Waals surface area contributed by atoms with Crippen molar-refractivity contribution < 1.29 is 14.4 Å². The number of amides is 4. The van der Waals surface area contributed by atoms with E-state index in [0.29, 0.717) is 19.4 Å². The number of nitrogens with two attached hydrogens (primary N) is 1. The molecular weight excluding hydrogens is 534 g/mol. The SMILES string of the molecule is CNC(=O)Nc1ccccc1-c1cc2cc(CN3C(=O)[C@H](NC(=O)CC(C)(C)N)CCc4ccccc43)ccc2s1. The van der Waals surface area contributed by atoms with E-state index in [1.807, 2.05) is 54.6 Å². The van der Waals surface area contributed by atoms with Crippen molar-refractivity contribution in [3.63, 3.8) is 0 Å². The van der Waals surface area contributed by atoms with E-state index in [1.54, 1.807) is 37.1 Å². The van der Waals surface area contributed by atoms with Gasteiger partial charge < -0.3 is 26.6 Å². The summed E-state index contributed by atoms with van der Waals surface area (Å²) >= 11 is 1.65. The first-order valence-electron chi connectivity index (χ1n) is 13.7. The molecular formula is C32H35N5O3S. The quantitative estimate of drug-likeness (QED) is 0.238. The Hall–Kier alpha value is -4.21. The number of nitrogens with one attached hydrogen (secondary N) is 3. The molecule has 8 nitrogen and oxygen atoms in total. The Labute approximate surface area is 243 Å². The lowest BCUT2D eigenvalue weighted by molar-refractivity contribution is -0.128. The van der Waals surface area contributed by atoms with Crippen molar-refractivity contribution in [3.05, 3.63) is 83.9 Å². The smallest absolute Gasteiger partial charge is 0.318 e. The second-order valence-electron chi connectivity index (χ2n) is 11.1. The molecule has 4 aromatic rings. The third-order valence-corrected chi connectivity index (χ3v) is 8.24. The van der Waals surface area contributed by atoms with Gasteiger partial charge in [0.15, 0.2) is 0 Å². The summed E-state index contributed by atoms with van der Waals surface area (Å²) in [5.74, 6) is -0.349. The van der Waals surface area contributed by atoms with E-state index in [4.69, 9.17) is 5.73 Å². The number of aryl methyl sites for hydroxylation is 1. The normalized spacial score (nSPS) is 15.3. The first-order chi connectivity index (χ1) is 19.6. The van der Waals surface area contributed by atoms with Crippen LogP contribution in [0.3, 0.4) is 0 Å². The monoisotopic (exact) mass is 569 g/mol. The summed E-state index contributed by atoms with van der Waals surface area (Å²) in [4.78, 5) is 41.4. The van der Waals surface area contributed by atoms with Crippen LogP contribution in [0, 0.1) is 0 Å². The van der Waals surface area contributed by atoms with Crippen molar-refractivity contribution >= 4 is 50.6 Å². The molecule has 3 aromatic carbocycles. The Morgan fingerprint density at radius 1 is 1.05 bits per heavy atom. The summed E-state index contributed by atoms with van der Waals surface area (Å²) in [5.41, 5.74) is 9.99. The molecule has 0 aliphatic carbocycles. The molecule has 5 rings (SSSR count). The minimum atomic E-state index is -0.658. The maximum atomic E-state index is 13.9. The number of hydrogen-bond acceptors (Lipinski definition) is 5. The minimum Gasteiger partial charge on any atom is -0.344 e. The molecule has 9 heteroatoms. The van der Waals surface area contributed by atoms with E-state index in [2.05, 4.69) is 34.1 Å². The van der Waals surface area contributed by atoms with E-state index in [-0.39, 0.29) is 24.3 Å². The Balaban J connectivity index is 1.43. The van der Waals surface area contributed by atoms with Gasteiger partial charge in [-0.15, -0.1) is 11.3 Å². The van der Waals surface area contributed by atoms with Crippen LogP contribution in [0.25, 0.3) is 20.5 Å². The highest BCUT2D eigenvalue weighted by Crippen LogP contribution is 2.38. The molecule has 1 aliphatic rings. The lowest BCUT2D eigenvalue weighted by Gasteiger charge is -2.27. The number of fused-ring (bicyclic) bond motifs is 2. The molecule has 212 valence electrons. The molecule has 0 saturated heterocycles. The van der Waals surface area contributed by atoms with Crippen LogP contribution in [0.5, 0.6) is 0 Å². The average molecular weight is 570 g/mol. The summed E-state index contributed by atoms with van der Waals surface area (Å²) in [6, 6.07) is 23.1. The fraction of sp³-hybridized carbons (Fsp3) is 0.281. The van der Waals surface area contributed by atoms with Gasteiger partial charge in [0.2, 0.25) is 11.8 Å². The summed E-state index contributed by atoms with van der Waals surface area (Å²) < 4.78 is 1.11. The predicted octanol–water partition coefficient (Wildman–Crippen LogP) is 5.41. The average Bonchev–Trinajstić information content (AvgIpc) is 3.31. The summed E-state index contributed by atoms with van der Waals surface area (Å²) in [7, 11) is 1.59. The van der Waals surface area contributed by atoms with Crippen molar-refractivity contribution in [2.75, 3.05) is 17.3 Å². The molecule has 0 radical (unpaired) electrons. The standard InChI is InChI=1S/C32H35N5O3S/c1-32(2,33)18-29(38)35-25-14-13-21-8-4-7-11-26(21)37(30(25)39)19-20-12-15-27-22(16-20)17-28(41-27)23-9-5-6-10-24(23)36-31(40)34-3/h4-12,15-17,25H,13-14,18-19,33H2,1-3H3,(H,35,38)(H2,34,36,40)/t25-/m1/s1. The highest BCUT2D eigenvalue weighted by molar-refractivity contribution is 7.22. The zero-order chi connectivity index (χ0) is 29.1. The maximum absolute atomic E-state index is 13.9. The number of para-hydroxylation sites is 2. The fourth-order valence-electron chi connectivity index (χ4n) is 5.17. The van der Waals surface area contributed by atoms with Crippen LogP contribution in [0.4, 0.5) is 16.2 Å². The number of carbonyl (C=O) groups excluding carboxylic acids is 3. The van der Waals surface area contributed by atoms with Crippen LogP contribution >= 0.6 is 11.3 Å². The fourth-order valence-corrected chi connectivity index (χ4v) is 6.25. The third-order valence-electron chi connectivity index (χ3n) is 7.09. The highest BCUT2D eigenvalue weighted by atomic mass is 32.1. The lowest BCUT2D eigenvalue weighted by atomic mass is 10.0. The van der Waals surface area contributed by atoms with Crippen LogP contribution in [0.1, 0.15) is 37.8 Å². The predicted molar refractivity (Wildman–Crippen MR) is 166 cm³/mol. The number of nitrogens with zero attached hydrogens (tertiary/aromatic N) is 1. The summed E-state index contributed by atoms with van der Waals surface area (Å²) in [5, 5.41) is 9.50. The first-order valence-corrected chi connectivity index (χ1v) is 14.5. The number of benzene rings is 3. The Kier molecular flexibility index (Phi) is 8.10. The van der Waals surface area contributed by atoms with Gasteiger partial charge in [-0.1, -0.05) is 42.5 Å². The van der Waals surface area contributed by atoms with Gasteiger partial charge in [-0.3, -0.25) is 9.59 Å². The molecule has 1 atom stereocenters. The molecule has 1 aliphatic heterocycles. The van der Waals surface area contributed by atoms with Gasteiger partial charge in [0.05, 0.1) is 12.2 Å². The Morgan fingerprint density at radius 2 is 1.80 bits per heavy atom. The van der Waals surface area contributed by atoms with Crippen molar-refractivity contribution in [1.29, 1.82) is 0 Å². The minimum absolute atomic E-state index is 0.126. The number of carbonyl (C=O) groups is 3. The van der Waals surface area contributed by atoms with Crippen LogP contribution in [-0.2, 0) is 22.6 Å². The Morgan fingerprint density at radius 3 is 2.59 bits per heavy atom. The highest BCUT2D eigenvalue weighted by Gasteiger charge is 2.32. The van der Waals surface area contributed by atoms with Crippen molar-refractivity contribution in [2.45, 2.75) is 51.2 Å². The van der Waals surface area contributed by atoms with E-state index >= 15 is 0 Å². The molecule has 41 heavy (non-hydrogen) atoms. The molecule has 2 heterocycles. The molecule has 1 aromatic heterocycles.